The van der Waals surface area contributed by atoms with Crippen LogP contribution in [-0.2, 0) is 10.2 Å². The SMILES string of the molecule is CCCNC(=O)C(C)(C)c1ccc(Cl)cc1. The van der Waals surface area contributed by atoms with Crippen molar-refractivity contribution < 1.29 is 4.79 Å². The molecule has 0 saturated carbocycles. The Labute approximate surface area is 102 Å². The van der Waals surface area contributed by atoms with Gasteiger partial charge in [-0.05, 0) is 38.0 Å². The van der Waals surface area contributed by atoms with Gasteiger partial charge in [0.25, 0.3) is 0 Å². The first-order valence-corrected chi connectivity index (χ1v) is 5.90. The van der Waals surface area contributed by atoms with Gasteiger partial charge in [0.1, 0.15) is 0 Å². The molecular weight excluding hydrogens is 222 g/mol. The summed E-state index contributed by atoms with van der Waals surface area (Å²) in [6.45, 7) is 6.59. The molecular formula is C13H18ClNO. The monoisotopic (exact) mass is 239 g/mol. The average Bonchev–Trinajstić information content (AvgIpc) is 2.26. The number of carbonyl (C=O) groups excluding carboxylic acids is 1. The van der Waals surface area contributed by atoms with Crippen LogP contribution < -0.4 is 5.32 Å². The van der Waals surface area contributed by atoms with E-state index < -0.39 is 5.41 Å². The molecule has 0 radical (unpaired) electrons. The second kappa shape index (κ2) is 5.35. The highest BCUT2D eigenvalue weighted by Crippen LogP contribution is 2.24. The van der Waals surface area contributed by atoms with Crippen molar-refractivity contribution >= 4 is 17.5 Å². The van der Waals surface area contributed by atoms with E-state index in [1.54, 1.807) is 0 Å². The number of nitrogens with one attached hydrogen (secondary N) is 1. The molecule has 0 aliphatic carbocycles. The molecule has 0 atom stereocenters. The molecule has 2 nitrogen and oxygen atoms in total. The van der Waals surface area contributed by atoms with Crippen LogP contribution in [0.25, 0.3) is 0 Å². The smallest absolute Gasteiger partial charge is 0.230 e. The fourth-order valence-corrected chi connectivity index (χ4v) is 1.58. The molecule has 0 spiro atoms. The van der Waals surface area contributed by atoms with Gasteiger partial charge in [-0.25, -0.2) is 0 Å². The van der Waals surface area contributed by atoms with E-state index in [1.807, 2.05) is 45.0 Å². The molecule has 3 heteroatoms. The van der Waals surface area contributed by atoms with Crippen LogP contribution in [0.3, 0.4) is 0 Å². The van der Waals surface area contributed by atoms with Crippen LogP contribution in [0.4, 0.5) is 0 Å². The Bertz CT molecular complexity index is 357. The Balaban J connectivity index is 2.83. The molecule has 0 fully saturated rings. The third kappa shape index (κ3) is 2.99. The van der Waals surface area contributed by atoms with E-state index in [2.05, 4.69) is 5.32 Å². The van der Waals surface area contributed by atoms with Crippen molar-refractivity contribution in [3.8, 4) is 0 Å². The molecule has 0 unspecified atom stereocenters. The summed E-state index contributed by atoms with van der Waals surface area (Å²) in [4.78, 5) is 12.0. The normalized spacial score (nSPS) is 11.2. The summed E-state index contributed by atoms with van der Waals surface area (Å²) in [5.74, 6) is 0.0525. The first-order valence-electron chi connectivity index (χ1n) is 5.53. The highest BCUT2D eigenvalue weighted by molar-refractivity contribution is 6.30. The van der Waals surface area contributed by atoms with Gasteiger partial charge < -0.3 is 5.32 Å². The number of rotatable bonds is 4. The van der Waals surface area contributed by atoms with Crippen molar-refractivity contribution in [1.29, 1.82) is 0 Å². The number of hydrogen-bond acceptors (Lipinski definition) is 1. The van der Waals surface area contributed by atoms with Gasteiger partial charge in [0.05, 0.1) is 5.41 Å². The predicted molar refractivity (Wildman–Crippen MR) is 67.8 cm³/mol. The summed E-state index contributed by atoms with van der Waals surface area (Å²) in [7, 11) is 0. The van der Waals surface area contributed by atoms with Crippen molar-refractivity contribution in [2.24, 2.45) is 0 Å². The zero-order valence-corrected chi connectivity index (χ0v) is 10.8. The Hall–Kier alpha value is -1.02. The van der Waals surface area contributed by atoms with Gasteiger partial charge in [-0.1, -0.05) is 30.7 Å². The van der Waals surface area contributed by atoms with Crippen LogP contribution in [0.2, 0.25) is 5.02 Å². The summed E-state index contributed by atoms with van der Waals surface area (Å²) in [5, 5.41) is 3.60. The van der Waals surface area contributed by atoms with Gasteiger partial charge >= 0.3 is 0 Å². The zero-order chi connectivity index (χ0) is 12.2. The van der Waals surface area contributed by atoms with Gasteiger partial charge in [-0.2, -0.15) is 0 Å². The van der Waals surface area contributed by atoms with Gasteiger partial charge in [0.15, 0.2) is 0 Å². The Morgan fingerprint density at radius 2 is 1.88 bits per heavy atom. The molecule has 1 N–H and O–H groups in total. The van der Waals surface area contributed by atoms with Crippen LogP contribution in [0, 0.1) is 0 Å². The van der Waals surface area contributed by atoms with E-state index in [9.17, 15) is 4.79 Å². The molecule has 0 aliphatic rings. The molecule has 1 aromatic rings. The van der Waals surface area contributed by atoms with Crippen LogP contribution in [0.15, 0.2) is 24.3 Å². The van der Waals surface area contributed by atoms with Crippen molar-refractivity contribution in [3.63, 3.8) is 0 Å². The fraction of sp³-hybridized carbons (Fsp3) is 0.462. The first kappa shape index (κ1) is 13.0. The standard InChI is InChI=1S/C13H18ClNO/c1-4-9-15-12(16)13(2,3)10-5-7-11(14)8-6-10/h5-8H,4,9H2,1-3H3,(H,15,16). The number of benzene rings is 1. The number of hydrogen-bond donors (Lipinski definition) is 1. The Kier molecular flexibility index (Phi) is 4.36. The highest BCUT2D eigenvalue weighted by atomic mass is 35.5. The largest absolute Gasteiger partial charge is 0.355 e. The third-order valence-electron chi connectivity index (χ3n) is 2.67. The highest BCUT2D eigenvalue weighted by Gasteiger charge is 2.29. The molecule has 0 saturated heterocycles. The van der Waals surface area contributed by atoms with Crippen molar-refractivity contribution in [2.75, 3.05) is 6.54 Å². The molecule has 16 heavy (non-hydrogen) atoms. The minimum atomic E-state index is -0.514. The van der Waals surface area contributed by atoms with Crippen molar-refractivity contribution in [2.45, 2.75) is 32.6 Å². The van der Waals surface area contributed by atoms with E-state index in [1.165, 1.54) is 0 Å². The van der Waals surface area contributed by atoms with Crippen molar-refractivity contribution in [3.05, 3.63) is 34.9 Å². The molecule has 0 heterocycles. The van der Waals surface area contributed by atoms with Crippen LogP contribution in [-0.4, -0.2) is 12.5 Å². The Morgan fingerprint density at radius 3 is 2.38 bits per heavy atom. The Morgan fingerprint density at radius 1 is 1.31 bits per heavy atom. The van der Waals surface area contributed by atoms with E-state index in [4.69, 9.17) is 11.6 Å². The summed E-state index contributed by atoms with van der Waals surface area (Å²) in [5.41, 5.74) is 0.463. The van der Waals surface area contributed by atoms with E-state index in [0.717, 1.165) is 18.5 Å². The maximum Gasteiger partial charge on any atom is 0.230 e. The minimum absolute atomic E-state index is 0.0525. The third-order valence-corrected chi connectivity index (χ3v) is 2.92. The lowest BCUT2D eigenvalue weighted by Gasteiger charge is -2.24. The molecule has 1 aromatic carbocycles. The number of halogens is 1. The quantitative estimate of drug-likeness (QED) is 0.859. The van der Waals surface area contributed by atoms with Crippen LogP contribution in [0.1, 0.15) is 32.8 Å². The predicted octanol–water partition coefficient (Wildman–Crippen LogP) is 3.14. The van der Waals surface area contributed by atoms with Crippen LogP contribution >= 0.6 is 11.6 Å². The lowest BCUT2D eigenvalue weighted by atomic mass is 9.84. The first-order chi connectivity index (χ1) is 7.48. The van der Waals surface area contributed by atoms with Crippen LogP contribution in [0.5, 0.6) is 0 Å². The number of amides is 1. The zero-order valence-electron chi connectivity index (χ0n) is 10.0. The second-order valence-electron chi connectivity index (χ2n) is 4.39. The molecule has 1 rings (SSSR count). The maximum absolute atomic E-state index is 12.0. The van der Waals surface area contributed by atoms with Crippen molar-refractivity contribution in [1.82, 2.24) is 5.32 Å². The molecule has 1 amide bonds. The average molecular weight is 240 g/mol. The maximum atomic E-state index is 12.0. The lowest BCUT2D eigenvalue weighted by molar-refractivity contribution is -0.125. The number of carbonyl (C=O) groups is 1. The van der Waals surface area contributed by atoms with Gasteiger partial charge in [-0.3, -0.25) is 4.79 Å². The van der Waals surface area contributed by atoms with Gasteiger partial charge in [0.2, 0.25) is 5.91 Å². The van der Waals surface area contributed by atoms with E-state index in [0.29, 0.717) is 5.02 Å². The molecule has 0 bridgehead atoms. The fourth-order valence-electron chi connectivity index (χ4n) is 1.46. The second-order valence-corrected chi connectivity index (χ2v) is 4.82. The van der Waals surface area contributed by atoms with E-state index in [-0.39, 0.29) is 5.91 Å². The van der Waals surface area contributed by atoms with Gasteiger partial charge in [0, 0.05) is 11.6 Å². The molecule has 0 aromatic heterocycles. The molecule has 88 valence electrons. The molecule has 0 aliphatic heterocycles. The van der Waals surface area contributed by atoms with E-state index >= 15 is 0 Å². The summed E-state index contributed by atoms with van der Waals surface area (Å²) >= 11 is 5.82. The topological polar surface area (TPSA) is 29.1 Å². The summed E-state index contributed by atoms with van der Waals surface area (Å²) < 4.78 is 0. The summed E-state index contributed by atoms with van der Waals surface area (Å²) in [6, 6.07) is 7.42. The van der Waals surface area contributed by atoms with Gasteiger partial charge in [-0.15, -0.1) is 0 Å². The summed E-state index contributed by atoms with van der Waals surface area (Å²) in [6.07, 6.45) is 0.947. The lowest BCUT2D eigenvalue weighted by Crippen LogP contribution is -2.40. The minimum Gasteiger partial charge on any atom is -0.355 e.